The molecule has 0 N–H and O–H groups in total. The molecule has 2 aromatic rings. The van der Waals surface area contributed by atoms with Gasteiger partial charge in [0.15, 0.2) is 5.78 Å². The molecule has 19 heavy (non-hydrogen) atoms. The maximum Gasteiger partial charge on any atom is 0.176 e. The van der Waals surface area contributed by atoms with Gasteiger partial charge in [0.05, 0.1) is 12.2 Å². The van der Waals surface area contributed by atoms with Gasteiger partial charge in [0.2, 0.25) is 0 Å². The van der Waals surface area contributed by atoms with E-state index < -0.39 is 0 Å². The first-order valence-electron chi connectivity index (χ1n) is 6.02. The van der Waals surface area contributed by atoms with Crippen molar-refractivity contribution in [3.8, 4) is 0 Å². The van der Waals surface area contributed by atoms with E-state index in [9.17, 15) is 4.79 Å². The smallest absolute Gasteiger partial charge is 0.176 e. The summed E-state index contributed by atoms with van der Waals surface area (Å²) in [7, 11) is 1.90. The van der Waals surface area contributed by atoms with E-state index in [-0.39, 0.29) is 5.78 Å². The molecule has 0 aliphatic rings. The number of ketones is 1. The van der Waals surface area contributed by atoms with E-state index in [4.69, 9.17) is 11.6 Å². The third-order valence-electron chi connectivity index (χ3n) is 2.72. The lowest BCUT2D eigenvalue weighted by Gasteiger charge is -2.15. The van der Waals surface area contributed by atoms with Crippen molar-refractivity contribution in [3.63, 3.8) is 0 Å². The lowest BCUT2D eigenvalue weighted by atomic mass is 10.1. The Labute approximate surface area is 117 Å². The van der Waals surface area contributed by atoms with E-state index in [0.29, 0.717) is 23.7 Å². The summed E-state index contributed by atoms with van der Waals surface area (Å²) in [4.78, 5) is 18.3. The standard InChI is InChI=1S/C15H15ClN2O/c1-18(10-14-7-2-3-8-17-14)11-15(19)12-5-4-6-13(16)9-12/h2-9H,10-11H2,1H3. The molecule has 0 fully saturated rings. The van der Waals surface area contributed by atoms with Crippen LogP contribution in [0.2, 0.25) is 5.02 Å². The summed E-state index contributed by atoms with van der Waals surface area (Å²) in [5, 5.41) is 0.582. The Morgan fingerprint density at radius 3 is 2.79 bits per heavy atom. The first-order valence-corrected chi connectivity index (χ1v) is 6.40. The zero-order chi connectivity index (χ0) is 13.7. The summed E-state index contributed by atoms with van der Waals surface area (Å²) in [6.07, 6.45) is 1.75. The SMILES string of the molecule is CN(CC(=O)c1cccc(Cl)c1)Cc1ccccn1. The number of halogens is 1. The van der Waals surface area contributed by atoms with E-state index in [1.54, 1.807) is 30.5 Å². The lowest BCUT2D eigenvalue weighted by Crippen LogP contribution is -2.26. The number of rotatable bonds is 5. The summed E-state index contributed by atoms with van der Waals surface area (Å²) < 4.78 is 0. The van der Waals surface area contributed by atoms with Gasteiger partial charge in [-0.15, -0.1) is 0 Å². The molecule has 1 aromatic heterocycles. The maximum absolute atomic E-state index is 12.1. The second kappa shape index (κ2) is 6.45. The van der Waals surface area contributed by atoms with E-state index in [1.165, 1.54) is 0 Å². The molecule has 0 radical (unpaired) electrons. The quantitative estimate of drug-likeness (QED) is 0.786. The number of hydrogen-bond acceptors (Lipinski definition) is 3. The Bertz CT molecular complexity index is 557. The summed E-state index contributed by atoms with van der Waals surface area (Å²) in [5.74, 6) is 0.0564. The van der Waals surface area contributed by atoms with E-state index >= 15 is 0 Å². The highest BCUT2D eigenvalue weighted by molar-refractivity contribution is 6.31. The molecule has 3 nitrogen and oxygen atoms in total. The van der Waals surface area contributed by atoms with Gasteiger partial charge in [-0.3, -0.25) is 14.7 Å². The molecule has 0 saturated carbocycles. The Morgan fingerprint density at radius 2 is 2.11 bits per heavy atom. The van der Waals surface area contributed by atoms with Gasteiger partial charge < -0.3 is 0 Å². The van der Waals surface area contributed by atoms with Crippen LogP contribution in [-0.4, -0.2) is 29.3 Å². The van der Waals surface area contributed by atoms with Crippen molar-refractivity contribution in [1.29, 1.82) is 0 Å². The van der Waals surface area contributed by atoms with E-state index in [0.717, 1.165) is 5.69 Å². The fraction of sp³-hybridized carbons (Fsp3) is 0.200. The molecule has 1 aromatic carbocycles. The van der Waals surface area contributed by atoms with Crippen LogP contribution in [0, 0.1) is 0 Å². The third-order valence-corrected chi connectivity index (χ3v) is 2.95. The highest BCUT2D eigenvalue weighted by Gasteiger charge is 2.10. The number of aromatic nitrogens is 1. The number of hydrogen-bond donors (Lipinski definition) is 0. The fourth-order valence-electron chi connectivity index (χ4n) is 1.82. The molecule has 1 heterocycles. The summed E-state index contributed by atoms with van der Waals surface area (Å²) >= 11 is 5.88. The largest absolute Gasteiger partial charge is 0.293 e. The van der Waals surface area contributed by atoms with Gasteiger partial charge in [0, 0.05) is 23.3 Å². The molecule has 0 saturated heterocycles. The third kappa shape index (κ3) is 4.16. The first kappa shape index (κ1) is 13.7. The average molecular weight is 275 g/mol. The molecule has 0 bridgehead atoms. The van der Waals surface area contributed by atoms with Gasteiger partial charge >= 0.3 is 0 Å². The van der Waals surface area contributed by atoms with Crippen molar-refractivity contribution < 1.29 is 4.79 Å². The lowest BCUT2D eigenvalue weighted by molar-refractivity contribution is 0.0942. The number of carbonyl (C=O) groups is 1. The second-order valence-electron chi connectivity index (χ2n) is 4.43. The topological polar surface area (TPSA) is 33.2 Å². The second-order valence-corrected chi connectivity index (χ2v) is 4.86. The first-order chi connectivity index (χ1) is 9.15. The van der Waals surface area contributed by atoms with Crippen LogP contribution in [0.1, 0.15) is 16.1 Å². The van der Waals surface area contributed by atoms with Crippen LogP contribution in [-0.2, 0) is 6.54 Å². The molecule has 0 spiro atoms. The highest BCUT2D eigenvalue weighted by atomic mass is 35.5. The molecular formula is C15H15ClN2O. The van der Waals surface area contributed by atoms with Crippen LogP contribution in [0.25, 0.3) is 0 Å². The van der Waals surface area contributed by atoms with Crippen LogP contribution in [0.5, 0.6) is 0 Å². The Hall–Kier alpha value is -1.71. The minimum Gasteiger partial charge on any atom is -0.293 e. The highest BCUT2D eigenvalue weighted by Crippen LogP contribution is 2.11. The molecule has 4 heteroatoms. The van der Waals surface area contributed by atoms with E-state index in [1.807, 2.05) is 30.1 Å². The molecule has 0 atom stereocenters. The zero-order valence-electron chi connectivity index (χ0n) is 10.7. The molecule has 0 amide bonds. The molecule has 0 aliphatic heterocycles. The normalized spacial score (nSPS) is 10.7. The van der Waals surface area contributed by atoms with Crippen molar-refractivity contribution in [2.75, 3.05) is 13.6 Å². The number of nitrogens with zero attached hydrogens (tertiary/aromatic N) is 2. The average Bonchev–Trinajstić information content (AvgIpc) is 2.39. The monoisotopic (exact) mass is 274 g/mol. The maximum atomic E-state index is 12.1. The molecule has 0 unspecified atom stereocenters. The van der Waals surface area contributed by atoms with Crippen molar-refractivity contribution in [1.82, 2.24) is 9.88 Å². The van der Waals surface area contributed by atoms with Crippen molar-refractivity contribution >= 4 is 17.4 Å². The molecular weight excluding hydrogens is 260 g/mol. The number of carbonyl (C=O) groups excluding carboxylic acids is 1. The minimum atomic E-state index is 0.0564. The van der Waals surface area contributed by atoms with Gasteiger partial charge in [-0.05, 0) is 31.3 Å². The van der Waals surface area contributed by atoms with Gasteiger partial charge in [-0.1, -0.05) is 29.8 Å². The Balaban J connectivity index is 1.95. The van der Waals surface area contributed by atoms with Crippen LogP contribution in [0.4, 0.5) is 0 Å². The number of pyridine rings is 1. The minimum absolute atomic E-state index is 0.0564. The van der Waals surface area contributed by atoms with Crippen LogP contribution in [0.15, 0.2) is 48.7 Å². The zero-order valence-corrected chi connectivity index (χ0v) is 11.5. The number of benzene rings is 1. The van der Waals surface area contributed by atoms with Gasteiger partial charge in [-0.25, -0.2) is 0 Å². The summed E-state index contributed by atoms with van der Waals surface area (Å²) in [5.41, 5.74) is 1.59. The predicted molar refractivity (Wildman–Crippen MR) is 76.4 cm³/mol. The van der Waals surface area contributed by atoms with Crippen LogP contribution >= 0.6 is 11.6 Å². The summed E-state index contributed by atoms with van der Waals surface area (Å²) in [6.45, 7) is 0.990. The van der Waals surface area contributed by atoms with E-state index in [2.05, 4.69) is 4.98 Å². The van der Waals surface area contributed by atoms with Crippen molar-refractivity contribution in [2.24, 2.45) is 0 Å². The number of likely N-dealkylation sites (N-methyl/N-ethyl adjacent to an activating group) is 1. The predicted octanol–water partition coefficient (Wildman–Crippen LogP) is 3.05. The van der Waals surface area contributed by atoms with Gasteiger partial charge in [-0.2, -0.15) is 0 Å². The fourth-order valence-corrected chi connectivity index (χ4v) is 2.01. The summed E-state index contributed by atoms with van der Waals surface area (Å²) in [6, 6.07) is 12.8. The van der Waals surface area contributed by atoms with Crippen molar-refractivity contribution in [2.45, 2.75) is 6.54 Å². The number of Topliss-reactive ketones (excluding diaryl/α,β-unsaturated/α-hetero) is 1. The van der Waals surface area contributed by atoms with Crippen molar-refractivity contribution in [3.05, 3.63) is 64.9 Å². The molecule has 98 valence electrons. The molecule has 0 aliphatic carbocycles. The van der Waals surface area contributed by atoms with Crippen LogP contribution < -0.4 is 0 Å². The molecule has 2 rings (SSSR count). The Kier molecular flexibility index (Phi) is 4.66. The van der Waals surface area contributed by atoms with Gasteiger partial charge in [0.1, 0.15) is 0 Å². The van der Waals surface area contributed by atoms with Crippen LogP contribution in [0.3, 0.4) is 0 Å². The Morgan fingerprint density at radius 1 is 1.26 bits per heavy atom. The van der Waals surface area contributed by atoms with Gasteiger partial charge in [0.25, 0.3) is 0 Å².